The number of hydrogen-bond donors (Lipinski definition) is 0. The van der Waals surface area contributed by atoms with Crippen molar-refractivity contribution in [2.75, 3.05) is 69.8 Å². The lowest BCUT2D eigenvalue weighted by molar-refractivity contribution is 0.289. The summed E-state index contributed by atoms with van der Waals surface area (Å²) in [4.78, 5) is 21.0. The van der Waals surface area contributed by atoms with E-state index in [2.05, 4.69) is 153 Å². The van der Waals surface area contributed by atoms with Crippen LogP contribution in [0.15, 0.2) is 104 Å². The second-order valence-corrected chi connectivity index (χ2v) is 22.2. The number of thioether (sulfide) groups is 2. The summed E-state index contributed by atoms with van der Waals surface area (Å²) in [5.74, 6) is 3.79. The fraction of sp³-hybridized carbons (Fsp3) is 0.379. The van der Waals surface area contributed by atoms with Gasteiger partial charge in [-0.3, -0.25) is 9.97 Å². The van der Waals surface area contributed by atoms with Gasteiger partial charge in [0.25, 0.3) is 6.01 Å². The molecule has 10 aromatic rings. The molecule has 0 fully saturated rings. The van der Waals surface area contributed by atoms with Crippen LogP contribution < -0.4 is 4.90 Å². The lowest BCUT2D eigenvalue weighted by atomic mass is 10.00. The molecule has 0 unspecified atom stereocenters. The fourth-order valence-corrected chi connectivity index (χ4v) is 12.2. The van der Waals surface area contributed by atoms with Crippen LogP contribution in [-0.4, -0.2) is 124 Å². The van der Waals surface area contributed by atoms with Crippen LogP contribution >= 0.6 is 23.5 Å². The molecule has 0 saturated carbocycles. The van der Waals surface area contributed by atoms with Gasteiger partial charge in [-0.15, -0.1) is 20.4 Å². The normalized spacial score (nSPS) is 14.3. The van der Waals surface area contributed by atoms with Crippen LogP contribution in [-0.2, 0) is 46.2 Å². The van der Waals surface area contributed by atoms with Gasteiger partial charge in [-0.25, -0.2) is 0 Å². The van der Waals surface area contributed by atoms with E-state index in [0.717, 1.165) is 184 Å². The third kappa shape index (κ3) is 10.9. The molecule has 17 heteroatoms. The number of fused-ring (bicyclic) bond motifs is 6. The first-order chi connectivity index (χ1) is 36.6. The molecule has 15 nitrogen and oxygen atoms in total. The molecule has 2 aliphatic heterocycles. The molecule has 0 atom stereocenters. The van der Waals surface area contributed by atoms with Crippen molar-refractivity contribution in [3.05, 3.63) is 124 Å². The first kappa shape index (κ1) is 50.5. The Labute approximate surface area is 446 Å². The summed E-state index contributed by atoms with van der Waals surface area (Å²) >= 11 is 3.57. The number of nitrogens with zero attached hydrogens (tertiary/aromatic N) is 13. The highest BCUT2D eigenvalue weighted by Gasteiger charge is 2.21. The minimum atomic E-state index is 0.665. The number of oxazole rings is 1. The monoisotopic (exact) mass is 1040 g/mol. The lowest BCUT2D eigenvalue weighted by Gasteiger charge is -2.19. The highest BCUT2D eigenvalue weighted by molar-refractivity contribution is 7.99. The van der Waals surface area contributed by atoms with Gasteiger partial charge in [-0.05, 0) is 143 Å². The molecule has 0 radical (unpaired) electrons. The van der Waals surface area contributed by atoms with Crippen molar-refractivity contribution in [2.45, 2.75) is 76.0 Å². The molecule has 6 aromatic heterocycles. The second-order valence-electron chi connectivity index (χ2n) is 20.0. The van der Waals surface area contributed by atoms with Crippen molar-refractivity contribution in [3.63, 3.8) is 0 Å². The number of pyridine rings is 2. The van der Waals surface area contributed by atoms with Crippen LogP contribution in [0.5, 0.6) is 0 Å². The van der Waals surface area contributed by atoms with E-state index in [1.165, 1.54) is 27.6 Å². The molecule has 8 heterocycles. The SMILES string of the molecule is CCc1noc2cc3c(cc12)CCN(CCCSc1nnc(-c2cccc4nc(C)ccc24)n1C)CC3.Cc1ccc2c(-c3nnc(SCCCN4CCc5cc6nc(N(C)C)oc6cc5CC4)n3C)cccc2n1. The second kappa shape index (κ2) is 22.3. The van der Waals surface area contributed by atoms with E-state index in [1.807, 2.05) is 45.0 Å². The standard InChI is InChI=1S/C29H33N7OS.C29H32N6OS/c1-19-9-10-22-23(7-5-8-24(22)30-19)27-32-33-29(35(27)4)38-16-6-13-36-14-11-20-17-25-26(18-21(20)12-15-36)37-28(31-25)34(2)3;1-4-25-24-17-20-11-14-35(15-12-21(20)18-27(24)36-33-25)13-6-16-37-29-32-31-28(34(29)3)23-7-5-8-26-22(23)10-9-19(2)30-26/h5,7-10,17-18H,6,11-16H2,1-4H3;5,7-10,17-18H,4,6,11-16H2,1-3H3. The van der Waals surface area contributed by atoms with Gasteiger partial charge in [0.2, 0.25) is 0 Å². The van der Waals surface area contributed by atoms with E-state index in [0.29, 0.717) is 6.01 Å². The van der Waals surface area contributed by atoms with Crippen LogP contribution in [0.25, 0.3) is 66.7 Å². The molecule has 0 spiro atoms. The first-order valence-corrected chi connectivity index (χ1v) is 28.3. The minimum absolute atomic E-state index is 0.665. The molecule has 386 valence electrons. The van der Waals surface area contributed by atoms with Crippen molar-refractivity contribution in [2.24, 2.45) is 14.1 Å². The molecule has 0 amide bonds. The molecule has 4 aromatic carbocycles. The summed E-state index contributed by atoms with van der Waals surface area (Å²) in [6.07, 6.45) is 7.37. The highest BCUT2D eigenvalue weighted by atomic mass is 32.2. The number of aromatic nitrogens is 10. The molecule has 0 aliphatic carbocycles. The number of benzene rings is 4. The summed E-state index contributed by atoms with van der Waals surface area (Å²) < 4.78 is 15.7. The van der Waals surface area contributed by atoms with E-state index in [4.69, 9.17) is 8.94 Å². The van der Waals surface area contributed by atoms with Gasteiger partial charge in [0.1, 0.15) is 5.52 Å². The van der Waals surface area contributed by atoms with Crippen LogP contribution in [0.1, 0.15) is 59.1 Å². The van der Waals surface area contributed by atoms with Gasteiger partial charge in [0.05, 0.1) is 16.7 Å². The number of aryl methyl sites for hydroxylation is 3. The van der Waals surface area contributed by atoms with Crippen molar-refractivity contribution in [1.29, 1.82) is 0 Å². The van der Waals surface area contributed by atoms with Crippen LogP contribution in [0.2, 0.25) is 0 Å². The maximum Gasteiger partial charge on any atom is 0.297 e. The largest absolute Gasteiger partial charge is 0.423 e. The van der Waals surface area contributed by atoms with Crippen LogP contribution in [0.3, 0.4) is 0 Å². The van der Waals surface area contributed by atoms with Crippen molar-refractivity contribution in [3.8, 4) is 22.8 Å². The summed E-state index contributed by atoms with van der Waals surface area (Å²) in [7, 11) is 8.02. The summed E-state index contributed by atoms with van der Waals surface area (Å²) in [6.45, 7) is 12.7. The Balaban J connectivity index is 0.000000161. The summed E-state index contributed by atoms with van der Waals surface area (Å²) in [5.41, 5.74) is 15.6. The molecule has 0 saturated heterocycles. The molecule has 0 bridgehead atoms. The zero-order chi connectivity index (χ0) is 51.6. The Morgan fingerprint density at radius 1 is 0.560 bits per heavy atom. The summed E-state index contributed by atoms with van der Waals surface area (Å²) in [6, 6.07) is 30.4. The van der Waals surface area contributed by atoms with Crippen molar-refractivity contribution < 1.29 is 8.94 Å². The van der Waals surface area contributed by atoms with Gasteiger partial charge < -0.3 is 32.8 Å². The Morgan fingerprint density at radius 2 is 1.07 bits per heavy atom. The quantitative estimate of drug-likeness (QED) is 0.0750. The Kier molecular flexibility index (Phi) is 15.0. The van der Waals surface area contributed by atoms with Gasteiger partial charge in [0.15, 0.2) is 33.1 Å². The topological polar surface area (TPSA) is 149 Å². The number of rotatable bonds is 14. The fourth-order valence-electron chi connectivity index (χ4n) is 10.5. The third-order valence-electron chi connectivity index (χ3n) is 14.7. The number of anilines is 1. The molecule has 2 aliphatic rings. The minimum Gasteiger partial charge on any atom is -0.423 e. The summed E-state index contributed by atoms with van der Waals surface area (Å²) in [5, 5.41) is 27.6. The van der Waals surface area contributed by atoms with Crippen molar-refractivity contribution >= 4 is 73.4 Å². The van der Waals surface area contributed by atoms with Gasteiger partial charge in [-0.1, -0.05) is 72.0 Å². The highest BCUT2D eigenvalue weighted by Crippen LogP contribution is 2.33. The molecule has 75 heavy (non-hydrogen) atoms. The van der Waals surface area contributed by atoms with Crippen LogP contribution in [0, 0.1) is 13.8 Å². The molecular weight excluding hydrogens is 975 g/mol. The lowest BCUT2D eigenvalue weighted by Crippen LogP contribution is -2.27. The van der Waals surface area contributed by atoms with E-state index in [9.17, 15) is 0 Å². The van der Waals surface area contributed by atoms with Gasteiger partial charge >= 0.3 is 0 Å². The maximum atomic E-state index is 5.93. The number of hydrogen-bond acceptors (Lipinski definition) is 15. The predicted octanol–water partition coefficient (Wildman–Crippen LogP) is 10.8. The Bertz CT molecular complexity index is 3610. The Morgan fingerprint density at radius 3 is 1.59 bits per heavy atom. The smallest absolute Gasteiger partial charge is 0.297 e. The molecular formula is C58H65N13O2S2. The van der Waals surface area contributed by atoms with E-state index in [1.54, 1.807) is 23.5 Å². The zero-order valence-corrected chi connectivity index (χ0v) is 45.8. The molecule has 0 N–H and O–H groups in total. The van der Waals surface area contributed by atoms with Crippen LogP contribution in [0.4, 0.5) is 6.01 Å². The zero-order valence-electron chi connectivity index (χ0n) is 44.1. The molecule has 12 rings (SSSR count). The first-order valence-electron chi connectivity index (χ1n) is 26.3. The third-order valence-corrected chi connectivity index (χ3v) is 16.9. The predicted molar refractivity (Wildman–Crippen MR) is 303 cm³/mol. The average Bonchev–Trinajstić information content (AvgIpc) is 4.16. The van der Waals surface area contributed by atoms with E-state index in [-0.39, 0.29) is 0 Å². The van der Waals surface area contributed by atoms with E-state index < -0.39 is 0 Å². The van der Waals surface area contributed by atoms with E-state index >= 15 is 0 Å². The van der Waals surface area contributed by atoms with Crippen molar-refractivity contribution in [1.82, 2.24) is 59.4 Å². The van der Waals surface area contributed by atoms with Gasteiger partial charge in [-0.2, -0.15) is 4.98 Å². The van der Waals surface area contributed by atoms with Gasteiger partial charge in [0, 0.05) is 105 Å². The Hall–Kier alpha value is -6.66. The maximum absolute atomic E-state index is 5.93. The average molecular weight is 1040 g/mol.